The summed E-state index contributed by atoms with van der Waals surface area (Å²) in [5, 5.41) is 19.7. The van der Waals surface area contributed by atoms with Gasteiger partial charge in [-0.25, -0.2) is 4.98 Å². The van der Waals surface area contributed by atoms with Gasteiger partial charge in [0.05, 0.1) is 15.8 Å². The Bertz CT molecular complexity index is 949. The van der Waals surface area contributed by atoms with E-state index in [1.54, 1.807) is 26.8 Å². The van der Waals surface area contributed by atoms with E-state index >= 15 is 0 Å². The zero-order valence-corrected chi connectivity index (χ0v) is 16.6. The quantitative estimate of drug-likeness (QED) is 0.604. The first-order valence-corrected chi connectivity index (χ1v) is 9.20. The number of thioether (sulfide) groups is 1. The van der Waals surface area contributed by atoms with E-state index in [-0.39, 0.29) is 0 Å². The summed E-state index contributed by atoms with van der Waals surface area (Å²) >= 11 is 1.14. The van der Waals surface area contributed by atoms with Gasteiger partial charge in [-0.15, -0.1) is 0 Å². The highest BCUT2D eigenvalue weighted by molar-refractivity contribution is 8.02. The Kier molecular flexibility index (Phi) is 6.15. The van der Waals surface area contributed by atoms with Crippen LogP contribution in [-0.4, -0.2) is 32.8 Å². The van der Waals surface area contributed by atoms with Gasteiger partial charge in [-0.2, -0.15) is 10.5 Å². The Morgan fingerprint density at radius 2 is 1.85 bits per heavy atom. The number of primary amides is 1. The Morgan fingerprint density at radius 3 is 2.30 bits per heavy atom. The number of hydrogen-bond donors (Lipinski definition) is 1. The van der Waals surface area contributed by atoms with Crippen LogP contribution in [0.5, 0.6) is 0 Å². The van der Waals surface area contributed by atoms with Gasteiger partial charge in [0.2, 0.25) is 5.91 Å². The highest BCUT2D eigenvalue weighted by Gasteiger charge is 2.36. The molecule has 2 aromatic rings. The predicted molar refractivity (Wildman–Crippen MR) is 109 cm³/mol. The number of amides is 1. The molecule has 0 bridgehead atoms. The Morgan fingerprint density at radius 1 is 1.26 bits per heavy atom. The molecule has 0 spiro atoms. The fraction of sp³-hybridized carbons (Fsp3) is 0.263. The van der Waals surface area contributed by atoms with Crippen molar-refractivity contribution >= 4 is 31.3 Å². The van der Waals surface area contributed by atoms with Crippen LogP contribution in [0, 0.1) is 22.7 Å². The molecule has 1 atom stereocenters. The van der Waals surface area contributed by atoms with Crippen molar-refractivity contribution in [3.8, 4) is 12.1 Å². The average Bonchev–Trinajstić information content (AvgIpc) is 2.67. The lowest BCUT2D eigenvalue weighted by molar-refractivity contribution is -0.118. The molecule has 0 aliphatic rings. The average molecular weight is 377 g/mol. The van der Waals surface area contributed by atoms with Gasteiger partial charge in [-0.1, -0.05) is 49.0 Å². The summed E-state index contributed by atoms with van der Waals surface area (Å²) in [6.07, 6.45) is 0.501. The number of pyridine rings is 1. The molecule has 0 aliphatic heterocycles. The molecule has 0 saturated heterocycles. The third-order valence-corrected chi connectivity index (χ3v) is 5.68. The SMILES string of the molecule is BC(Sc1nc(N(C)C)c(C#N)c(CC)c1C#N)(C(N)=O)c1ccccc1. The number of aromatic nitrogens is 1. The van der Waals surface area contributed by atoms with E-state index in [2.05, 4.69) is 17.1 Å². The van der Waals surface area contributed by atoms with Gasteiger partial charge in [0, 0.05) is 14.1 Å². The minimum Gasteiger partial charge on any atom is -0.369 e. The van der Waals surface area contributed by atoms with Gasteiger partial charge in [0.25, 0.3) is 0 Å². The summed E-state index contributed by atoms with van der Waals surface area (Å²) < 4.78 is -1.11. The Labute approximate surface area is 164 Å². The van der Waals surface area contributed by atoms with Crippen molar-refractivity contribution in [2.75, 3.05) is 19.0 Å². The highest BCUT2D eigenvalue weighted by Crippen LogP contribution is 2.41. The van der Waals surface area contributed by atoms with Crippen LogP contribution in [0.4, 0.5) is 5.82 Å². The lowest BCUT2D eigenvalue weighted by atomic mass is 9.79. The molecule has 1 amide bonds. The summed E-state index contributed by atoms with van der Waals surface area (Å²) in [4.78, 5) is 18.6. The van der Waals surface area contributed by atoms with Crippen molar-refractivity contribution in [2.24, 2.45) is 5.73 Å². The Balaban J connectivity index is 2.74. The zero-order chi connectivity index (χ0) is 20.2. The van der Waals surface area contributed by atoms with E-state index in [1.165, 1.54) is 0 Å². The van der Waals surface area contributed by atoms with Crippen LogP contribution >= 0.6 is 11.8 Å². The molecule has 1 heterocycles. The van der Waals surface area contributed by atoms with Crippen molar-refractivity contribution < 1.29 is 4.79 Å². The molecule has 136 valence electrons. The van der Waals surface area contributed by atoms with Crippen molar-refractivity contribution in [1.82, 2.24) is 4.98 Å². The first-order chi connectivity index (χ1) is 12.8. The second kappa shape index (κ2) is 8.15. The first-order valence-electron chi connectivity index (χ1n) is 8.38. The molecule has 8 heteroatoms. The monoisotopic (exact) mass is 377 g/mol. The largest absolute Gasteiger partial charge is 0.369 e. The molecule has 1 aromatic carbocycles. The summed E-state index contributed by atoms with van der Waals surface area (Å²) in [5.74, 6) is -0.0612. The number of nitrogens with zero attached hydrogens (tertiary/aromatic N) is 4. The number of benzene rings is 1. The number of hydrogen-bond acceptors (Lipinski definition) is 6. The zero-order valence-electron chi connectivity index (χ0n) is 15.8. The van der Waals surface area contributed by atoms with Crippen LogP contribution < -0.4 is 10.6 Å². The van der Waals surface area contributed by atoms with Crippen LogP contribution in [-0.2, 0) is 15.9 Å². The third kappa shape index (κ3) is 3.76. The van der Waals surface area contributed by atoms with Gasteiger partial charge in [0.1, 0.15) is 30.8 Å². The molecule has 1 unspecified atom stereocenters. The van der Waals surface area contributed by atoms with Crippen LogP contribution in [0.25, 0.3) is 0 Å². The lowest BCUT2D eigenvalue weighted by Gasteiger charge is -2.27. The molecule has 6 nitrogen and oxygen atoms in total. The minimum absolute atomic E-state index is 0.313. The number of nitriles is 2. The van der Waals surface area contributed by atoms with E-state index in [9.17, 15) is 15.3 Å². The fourth-order valence-corrected chi connectivity index (χ4v) is 3.93. The molecule has 1 aromatic heterocycles. The first kappa shape index (κ1) is 20.3. The highest BCUT2D eigenvalue weighted by atomic mass is 32.2. The van der Waals surface area contributed by atoms with E-state index in [4.69, 9.17) is 5.73 Å². The van der Waals surface area contributed by atoms with E-state index in [1.807, 2.05) is 37.3 Å². The molecule has 0 saturated carbocycles. The molecule has 2 N–H and O–H groups in total. The molecule has 2 rings (SSSR count). The van der Waals surface area contributed by atoms with Gasteiger partial charge in [-0.3, -0.25) is 4.79 Å². The number of rotatable bonds is 6. The standard InChI is InChI=1S/C19H20BN5OS/c1-4-13-14(10-21)16(25(2)3)24-17(15(13)11-22)27-19(20,18(23)26)12-8-6-5-7-9-12/h5-9H,4,20H2,1-3H3,(H2,23,26). The number of carbonyl (C=O) groups is 1. The lowest BCUT2D eigenvalue weighted by Crippen LogP contribution is -2.39. The van der Waals surface area contributed by atoms with Crippen LogP contribution in [0.2, 0.25) is 0 Å². The van der Waals surface area contributed by atoms with Crippen molar-refractivity contribution in [3.63, 3.8) is 0 Å². The summed E-state index contributed by atoms with van der Waals surface area (Å²) in [6.45, 7) is 1.88. The minimum atomic E-state index is -1.11. The van der Waals surface area contributed by atoms with Crippen LogP contribution in [0.1, 0.15) is 29.2 Å². The molecule has 27 heavy (non-hydrogen) atoms. The number of nitrogens with two attached hydrogens (primary N) is 1. The molecule has 0 radical (unpaired) electrons. The molecular weight excluding hydrogens is 357 g/mol. The van der Waals surface area contributed by atoms with Crippen LogP contribution in [0.15, 0.2) is 35.4 Å². The second-order valence-electron chi connectivity index (χ2n) is 6.31. The fourth-order valence-electron chi connectivity index (χ4n) is 2.78. The Hall–Kier alpha value is -2.97. The van der Waals surface area contributed by atoms with E-state index in [0.29, 0.717) is 34.0 Å². The number of anilines is 1. The van der Waals surface area contributed by atoms with Gasteiger partial charge < -0.3 is 10.6 Å². The van der Waals surface area contributed by atoms with Gasteiger partial charge in [-0.05, 0) is 17.5 Å². The van der Waals surface area contributed by atoms with Crippen molar-refractivity contribution in [2.45, 2.75) is 23.0 Å². The maximum Gasteiger partial charge on any atom is 0.229 e. The summed E-state index contributed by atoms with van der Waals surface area (Å²) in [5.41, 5.74) is 7.78. The second-order valence-corrected chi connectivity index (χ2v) is 7.71. The van der Waals surface area contributed by atoms with Crippen molar-refractivity contribution in [1.29, 1.82) is 10.5 Å². The normalized spacial score (nSPS) is 12.5. The maximum absolute atomic E-state index is 12.4. The maximum atomic E-state index is 12.4. The van der Waals surface area contributed by atoms with Crippen molar-refractivity contribution in [3.05, 3.63) is 52.6 Å². The van der Waals surface area contributed by atoms with Gasteiger partial charge >= 0.3 is 0 Å². The van der Waals surface area contributed by atoms with E-state index < -0.39 is 10.6 Å². The summed E-state index contributed by atoms with van der Waals surface area (Å²) in [7, 11) is 5.29. The topological polar surface area (TPSA) is 107 Å². The van der Waals surface area contributed by atoms with Gasteiger partial charge in [0.15, 0.2) is 0 Å². The smallest absolute Gasteiger partial charge is 0.229 e. The predicted octanol–water partition coefficient (Wildman–Crippen LogP) is 1.52. The van der Waals surface area contributed by atoms with Crippen LogP contribution in [0.3, 0.4) is 0 Å². The molecule has 0 fully saturated rings. The molecular formula is C19H20BN5OS. The molecule has 0 aliphatic carbocycles. The van der Waals surface area contributed by atoms with E-state index in [0.717, 1.165) is 17.3 Å². The summed E-state index contributed by atoms with van der Waals surface area (Å²) in [6, 6.07) is 13.5. The number of carbonyl (C=O) groups excluding carboxylic acids is 1. The third-order valence-electron chi connectivity index (χ3n) is 4.34.